The van der Waals surface area contributed by atoms with E-state index in [1.807, 2.05) is 0 Å². The van der Waals surface area contributed by atoms with Crippen molar-refractivity contribution in [3.05, 3.63) is 41.5 Å². The Hall–Kier alpha value is -2.28. The molecular weight excluding hydrogens is 288 g/mol. The fourth-order valence-corrected chi connectivity index (χ4v) is 2.62. The van der Waals surface area contributed by atoms with Crippen LogP contribution >= 0.6 is 25.3 Å². The van der Waals surface area contributed by atoms with Gasteiger partial charge in [0, 0.05) is 33.0 Å². The van der Waals surface area contributed by atoms with E-state index in [-0.39, 0.29) is 0 Å². The molecule has 20 heavy (non-hydrogen) atoms. The molecule has 0 unspecified atom stereocenters. The molecule has 0 atom stereocenters. The Kier molecular flexibility index (Phi) is 2.98. The van der Waals surface area contributed by atoms with E-state index in [0.717, 1.165) is 10.8 Å². The molecular formula is C14H6N4S2. The van der Waals surface area contributed by atoms with Crippen LogP contribution in [0.15, 0.2) is 34.3 Å². The van der Waals surface area contributed by atoms with Crippen molar-refractivity contribution in [2.75, 3.05) is 0 Å². The van der Waals surface area contributed by atoms with Crippen molar-refractivity contribution in [3.8, 4) is 6.07 Å². The third-order valence-corrected chi connectivity index (χ3v) is 4.08. The normalized spacial score (nSPS) is 10.4. The average molecular weight is 294 g/mol. The number of pyridine rings is 2. The van der Waals surface area contributed by atoms with Crippen molar-refractivity contribution in [1.82, 2.24) is 9.97 Å². The van der Waals surface area contributed by atoms with E-state index < -0.39 is 0 Å². The van der Waals surface area contributed by atoms with Crippen LogP contribution < -0.4 is 0 Å². The molecule has 4 nitrogen and oxygen atoms in total. The van der Waals surface area contributed by atoms with E-state index in [4.69, 9.17) is 11.8 Å². The molecule has 0 saturated heterocycles. The van der Waals surface area contributed by atoms with Gasteiger partial charge >= 0.3 is 0 Å². The van der Waals surface area contributed by atoms with Gasteiger partial charge in [-0.3, -0.25) is 9.97 Å². The Bertz CT molecular complexity index is 873. The van der Waals surface area contributed by atoms with Gasteiger partial charge in [0.1, 0.15) is 6.07 Å². The summed E-state index contributed by atoms with van der Waals surface area (Å²) in [6, 6.07) is 5.49. The van der Waals surface area contributed by atoms with Crippen molar-refractivity contribution >= 4 is 52.8 Å². The van der Waals surface area contributed by atoms with Crippen molar-refractivity contribution in [3.63, 3.8) is 0 Å². The number of nitrogens with zero attached hydrogens (tertiary/aromatic N) is 4. The van der Waals surface area contributed by atoms with Crippen LogP contribution in [0.2, 0.25) is 0 Å². The second kappa shape index (κ2) is 4.68. The van der Waals surface area contributed by atoms with Crippen LogP contribution in [0.25, 0.3) is 26.7 Å². The van der Waals surface area contributed by atoms with Gasteiger partial charge in [0.2, 0.25) is 5.69 Å². The maximum atomic E-state index is 8.96. The summed E-state index contributed by atoms with van der Waals surface area (Å²) in [5, 5.41) is 10.4. The van der Waals surface area contributed by atoms with Crippen molar-refractivity contribution in [1.29, 1.82) is 5.26 Å². The predicted octanol–water partition coefficient (Wildman–Crippen LogP) is 3.78. The predicted molar refractivity (Wildman–Crippen MR) is 82.5 cm³/mol. The van der Waals surface area contributed by atoms with E-state index in [1.54, 1.807) is 12.1 Å². The van der Waals surface area contributed by atoms with Crippen molar-refractivity contribution < 1.29 is 0 Å². The summed E-state index contributed by atoms with van der Waals surface area (Å²) in [5.41, 5.74) is 2.20. The van der Waals surface area contributed by atoms with E-state index in [9.17, 15) is 0 Å². The fraction of sp³-hybridized carbons (Fsp3) is 0. The van der Waals surface area contributed by atoms with Crippen molar-refractivity contribution in [2.24, 2.45) is 0 Å². The molecule has 0 aliphatic rings. The summed E-state index contributed by atoms with van der Waals surface area (Å²) in [7, 11) is 0. The lowest BCUT2D eigenvalue weighted by Gasteiger charge is -2.09. The molecule has 2 aromatic heterocycles. The number of rotatable bonds is 0. The van der Waals surface area contributed by atoms with E-state index >= 15 is 0 Å². The Morgan fingerprint density at radius 1 is 1.05 bits per heavy atom. The van der Waals surface area contributed by atoms with Crippen LogP contribution in [0.5, 0.6) is 0 Å². The largest absolute Gasteiger partial charge is 0.265 e. The third kappa shape index (κ3) is 1.78. The van der Waals surface area contributed by atoms with Gasteiger partial charge in [0.05, 0.1) is 23.2 Å². The van der Waals surface area contributed by atoms with Crippen LogP contribution in [-0.2, 0) is 0 Å². The van der Waals surface area contributed by atoms with Gasteiger partial charge in [-0.15, -0.1) is 25.3 Å². The minimum atomic E-state index is 0.438. The molecule has 3 rings (SSSR count). The monoisotopic (exact) mass is 294 g/mol. The van der Waals surface area contributed by atoms with Gasteiger partial charge in [-0.05, 0) is 12.1 Å². The zero-order valence-corrected chi connectivity index (χ0v) is 11.8. The first-order valence-electron chi connectivity index (χ1n) is 5.56. The van der Waals surface area contributed by atoms with E-state index in [1.165, 1.54) is 12.4 Å². The highest BCUT2D eigenvalue weighted by atomic mass is 32.1. The molecule has 0 aliphatic heterocycles. The molecule has 94 valence electrons. The average Bonchev–Trinajstić information content (AvgIpc) is 2.51. The highest BCUT2D eigenvalue weighted by Crippen LogP contribution is 2.36. The fourth-order valence-electron chi connectivity index (χ4n) is 2.03. The number of thiol groups is 2. The van der Waals surface area contributed by atoms with Gasteiger partial charge in [-0.25, -0.2) is 4.85 Å². The molecule has 0 saturated carbocycles. The van der Waals surface area contributed by atoms with Gasteiger partial charge in [0.25, 0.3) is 0 Å². The number of hydrogen-bond donors (Lipinski definition) is 2. The topological polar surface area (TPSA) is 53.9 Å². The van der Waals surface area contributed by atoms with Crippen LogP contribution in [-0.4, -0.2) is 9.97 Å². The molecule has 3 aromatic rings. The number of hydrogen-bond acceptors (Lipinski definition) is 5. The van der Waals surface area contributed by atoms with Crippen LogP contribution in [0.4, 0.5) is 5.69 Å². The molecule has 0 spiro atoms. The zero-order chi connectivity index (χ0) is 14.3. The molecule has 0 N–H and O–H groups in total. The van der Waals surface area contributed by atoms with Crippen LogP contribution in [0.3, 0.4) is 0 Å². The van der Waals surface area contributed by atoms with Crippen LogP contribution in [0.1, 0.15) is 5.56 Å². The first-order valence-corrected chi connectivity index (χ1v) is 6.46. The number of benzene rings is 1. The Labute approximate surface area is 125 Å². The number of aromatic nitrogens is 2. The van der Waals surface area contributed by atoms with Crippen LogP contribution in [0, 0.1) is 17.9 Å². The summed E-state index contributed by atoms with van der Waals surface area (Å²) < 4.78 is 0. The first kappa shape index (κ1) is 12.7. The molecule has 2 heterocycles. The maximum Gasteiger partial charge on any atom is 0.205 e. The van der Waals surface area contributed by atoms with E-state index in [2.05, 4.69) is 46.1 Å². The second-order valence-corrected chi connectivity index (χ2v) is 5.03. The van der Waals surface area contributed by atoms with Gasteiger partial charge in [-0.1, -0.05) is 0 Å². The number of fused-ring (bicyclic) bond motifs is 3. The Morgan fingerprint density at radius 3 is 2.25 bits per heavy atom. The molecule has 0 amide bonds. The summed E-state index contributed by atoms with van der Waals surface area (Å²) >= 11 is 8.92. The Morgan fingerprint density at radius 2 is 1.65 bits per heavy atom. The van der Waals surface area contributed by atoms with Gasteiger partial charge in [-0.2, -0.15) is 5.26 Å². The lowest BCUT2D eigenvalue weighted by atomic mass is 10.1. The van der Waals surface area contributed by atoms with E-state index in [0.29, 0.717) is 32.1 Å². The van der Waals surface area contributed by atoms with Gasteiger partial charge < -0.3 is 0 Å². The standard InChI is InChI=1S/C14H6N4S2/c1-16-8-3-10-12(18-6-8)11-9(13(19)14(10)20)2-7(4-15)5-17-11/h2-3,5-6,19-20H. The quantitative estimate of drug-likeness (QED) is 0.377. The third-order valence-electron chi connectivity index (χ3n) is 2.98. The maximum absolute atomic E-state index is 8.96. The summed E-state index contributed by atoms with van der Waals surface area (Å²) in [6.45, 7) is 7.05. The SMILES string of the molecule is [C-]#[N+]c1cnc2c(c1)c(S)c(S)c1cc(C#N)cnc12. The molecule has 0 radical (unpaired) electrons. The molecule has 0 bridgehead atoms. The smallest absolute Gasteiger partial charge is 0.205 e. The molecule has 0 fully saturated rings. The highest BCUT2D eigenvalue weighted by molar-refractivity contribution is 7.84. The summed E-state index contributed by atoms with van der Waals surface area (Å²) in [4.78, 5) is 13.2. The zero-order valence-electron chi connectivity index (χ0n) is 9.99. The lowest BCUT2D eigenvalue weighted by Crippen LogP contribution is -1.90. The Balaban J connectivity index is 2.55. The summed E-state index contributed by atoms with van der Waals surface area (Å²) in [6.07, 6.45) is 3.00. The van der Waals surface area contributed by atoms with Crippen molar-refractivity contribution in [2.45, 2.75) is 9.79 Å². The first-order chi connectivity index (χ1) is 9.65. The number of nitriles is 1. The molecule has 1 aromatic carbocycles. The highest BCUT2D eigenvalue weighted by Gasteiger charge is 2.13. The lowest BCUT2D eigenvalue weighted by molar-refractivity contribution is 1.29. The second-order valence-electron chi connectivity index (χ2n) is 4.13. The molecule has 6 heteroatoms. The minimum absolute atomic E-state index is 0.438. The van der Waals surface area contributed by atoms with Gasteiger partial charge in [0.15, 0.2) is 0 Å². The minimum Gasteiger partial charge on any atom is -0.265 e. The summed E-state index contributed by atoms with van der Waals surface area (Å²) in [5.74, 6) is 0. The molecule has 0 aliphatic carbocycles.